The molecule has 0 aromatic heterocycles. The summed E-state index contributed by atoms with van der Waals surface area (Å²) in [6.07, 6.45) is 0.948. The van der Waals surface area contributed by atoms with Crippen molar-refractivity contribution >= 4 is 0 Å². The molecule has 1 aromatic rings. The molecule has 0 spiro atoms. The summed E-state index contributed by atoms with van der Waals surface area (Å²) in [5.41, 5.74) is 1.16. The average molecular weight is 154 g/mol. The third-order valence-corrected chi connectivity index (χ3v) is 1.53. The van der Waals surface area contributed by atoms with Gasteiger partial charge in [0.1, 0.15) is 5.75 Å². The Balaban J connectivity index is 2.74. The molecule has 0 bridgehead atoms. The van der Waals surface area contributed by atoms with Crippen molar-refractivity contribution in [2.75, 3.05) is 6.86 Å². The zero-order valence-electron chi connectivity index (χ0n) is 6.51. The summed E-state index contributed by atoms with van der Waals surface area (Å²) < 4.78 is 16.4. The summed E-state index contributed by atoms with van der Waals surface area (Å²) >= 11 is 0. The molecule has 0 atom stereocenters. The molecule has 0 aliphatic rings. The summed E-state index contributed by atoms with van der Waals surface area (Å²) in [4.78, 5) is 0. The Labute approximate surface area is 65.8 Å². The van der Waals surface area contributed by atoms with E-state index in [1.807, 2.05) is 18.2 Å². The van der Waals surface area contributed by atoms with Crippen LogP contribution < -0.4 is 4.74 Å². The second-order valence-corrected chi connectivity index (χ2v) is 2.25. The van der Waals surface area contributed by atoms with Gasteiger partial charge in [-0.05, 0) is 24.1 Å². The Hall–Kier alpha value is -1.05. The minimum atomic E-state index is -0.757. The summed E-state index contributed by atoms with van der Waals surface area (Å²) in [5.74, 6) is 0.604. The number of benzene rings is 1. The molecule has 1 rings (SSSR count). The average Bonchev–Trinajstić information content (AvgIpc) is 2.06. The lowest BCUT2D eigenvalue weighted by Crippen LogP contribution is -1.90. The molecular weight excluding hydrogens is 143 g/mol. The van der Waals surface area contributed by atoms with E-state index in [0.717, 1.165) is 12.0 Å². The highest BCUT2D eigenvalue weighted by molar-refractivity contribution is 5.28. The monoisotopic (exact) mass is 154 g/mol. The van der Waals surface area contributed by atoms with Gasteiger partial charge < -0.3 is 4.74 Å². The molecule has 0 amide bonds. The van der Waals surface area contributed by atoms with Gasteiger partial charge in [-0.15, -0.1) is 0 Å². The number of aryl methyl sites for hydroxylation is 1. The fraction of sp³-hybridized carbons (Fsp3) is 0.333. The van der Waals surface area contributed by atoms with Crippen molar-refractivity contribution in [2.24, 2.45) is 0 Å². The summed E-state index contributed by atoms with van der Waals surface area (Å²) in [7, 11) is 0. The molecule has 0 radical (unpaired) electrons. The second-order valence-electron chi connectivity index (χ2n) is 2.25. The van der Waals surface area contributed by atoms with Gasteiger partial charge in [-0.3, -0.25) is 0 Å². The van der Waals surface area contributed by atoms with Crippen LogP contribution in [-0.4, -0.2) is 6.86 Å². The number of rotatable bonds is 3. The van der Waals surface area contributed by atoms with Crippen LogP contribution in [0.2, 0.25) is 0 Å². The molecule has 1 nitrogen and oxygen atoms in total. The van der Waals surface area contributed by atoms with Crippen LogP contribution >= 0.6 is 0 Å². The lowest BCUT2D eigenvalue weighted by atomic mass is 10.2. The normalized spacial score (nSPS) is 9.64. The third kappa shape index (κ3) is 2.22. The number of alkyl halides is 1. The van der Waals surface area contributed by atoms with Gasteiger partial charge >= 0.3 is 0 Å². The largest absolute Gasteiger partial charge is 0.463 e. The molecule has 2 heteroatoms. The van der Waals surface area contributed by atoms with Gasteiger partial charge in [-0.1, -0.05) is 19.1 Å². The van der Waals surface area contributed by atoms with Gasteiger partial charge in [0.25, 0.3) is 0 Å². The van der Waals surface area contributed by atoms with Crippen molar-refractivity contribution in [3.05, 3.63) is 29.8 Å². The Morgan fingerprint density at radius 2 is 2.27 bits per heavy atom. The van der Waals surface area contributed by atoms with Crippen molar-refractivity contribution in [1.29, 1.82) is 0 Å². The van der Waals surface area contributed by atoms with Gasteiger partial charge in [-0.2, -0.15) is 0 Å². The maximum absolute atomic E-state index is 11.7. The van der Waals surface area contributed by atoms with Crippen molar-refractivity contribution in [2.45, 2.75) is 13.3 Å². The topological polar surface area (TPSA) is 9.23 Å². The quantitative estimate of drug-likeness (QED) is 0.650. The van der Waals surface area contributed by atoms with E-state index < -0.39 is 6.86 Å². The molecule has 0 N–H and O–H groups in total. The maximum atomic E-state index is 11.7. The Morgan fingerprint density at radius 1 is 1.45 bits per heavy atom. The van der Waals surface area contributed by atoms with E-state index in [1.165, 1.54) is 0 Å². The molecule has 0 heterocycles. The Bertz CT molecular complexity index is 223. The molecule has 0 saturated heterocycles. The molecule has 0 fully saturated rings. The number of hydrogen-bond acceptors (Lipinski definition) is 1. The molecule has 0 aliphatic heterocycles. The third-order valence-electron chi connectivity index (χ3n) is 1.53. The highest BCUT2D eigenvalue weighted by atomic mass is 19.1. The number of halogens is 1. The van der Waals surface area contributed by atoms with Crippen LogP contribution in [0.25, 0.3) is 0 Å². The first-order chi connectivity index (χ1) is 5.36. The van der Waals surface area contributed by atoms with Crippen LogP contribution in [0, 0.1) is 0 Å². The van der Waals surface area contributed by atoms with Crippen molar-refractivity contribution in [1.82, 2.24) is 0 Å². The van der Waals surface area contributed by atoms with Crippen LogP contribution in [0.3, 0.4) is 0 Å². The Kier molecular flexibility index (Phi) is 2.90. The summed E-state index contributed by atoms with van der Waals surface area (Å²) in [6.45, 7) is 1.29. The van der Waals surface area contributed by atoms with E-state index in [-0.39, 0.29) is 0 Å². The van der Waals surface area contributed by atoms with Gasteiger partial charge in [0.15, 0.2) is 0 Å². The van der Waals surface area contributed by atoms with E-state index in [0.29, 0.717) is 5.75 Å². The molecule has 0 saturated carbocycles. The van der Waals surface area contributed by atoms with Crippen molar-refractivity contribution in [3.63, 3.8) is 0 Å². The first-order valence-electron chi connectivity index (χ1n) is 3.64. The van der Waals surface area contributed by atoms with Gasteiger partial charge in [0, 0.05) is 0 Å². The van der Waals surface area contributed by atoms with E-state index in [2.05, 4.69) is 11.7 Å². The van der Waals surface area contributed by atoms with Crippen LogP contribution in [0.1, 0.15) is 12.5 Å². The zero-order chi connectivity index (χ0) is 8.10. The van der Waals surface area contributed by atoms with E-state index in [4.69, 9.17) is 0 Å². The maximum Gasteiger partial charge on any atom is 0.228 e. The highest BCUT2D eigenvalue weighted by Crippen LogP contribution is 2.13. The number of ether oxygens (including phenoxy) is 1. The smallest absolute Gasteiger partial charge is 0.228 e. The highest BCUT2D eigenvalue weighted by Gasteiger charge is 1.93. The summed E-state index contributed by atoms with van der Waals surface area (Å²) in [5, 5.41) is 0. The molecule has 0 aliphatic carbocycles. The first-order valence-corrected chi connectivity index (χ1v) is 3.64. The van der Waals surface area contributed by atoms with E-state index in [1.54, 1.807) is 6.07 Å². The first kappa shape index (κ1) is 8.05. The van der Waals surface area contributed by atoms with Gasteiger partial charge in [-0.25, -0.2) is 4.39 Å². The van der Waals surface area contributed by atoms with Crippen LogP contribution in [0.5, 0.6) is 5.75 Å². The minimum absolute atomic E-state index is 0.604. The van der Waals surface area contributed by atoms with Crippen molar-refractivity contribution < 1.29 is 9.13 Å². The number of hydrogen-bond donors (Lipinski definition) is 0. The fourth-order valence-electron chi connectivity index (χ4n) is 0.918. The van der Waals surface area contributed by atoms with Gasteiger partial charge in [0.05, 0.1) is 0 Å². The zero-order valence-corrected chi connectivity index (χ0v) is 6.51. The lowest BCUT2D eigenvalue weighted by Gasteiger charge is -2.01. The Morgan fingerprint density at radius 3 is 2.91 bits per heavy atom. The van der Waals surface area contributed by atoms with Gasteiger partial charge in [0.2, 0.25) is 6.86 Å². The van der Waals surface area contributed by atoms with E-state index in [9.17, 15) is 4.39 Å². The fourth-order valence-corrected chi connectivity index (χ4v) is 0.918. The van der Waals surface area contributed by atoms with Crippen molar-refractivity contribution in [3.8, 4) is 5.75 Å². The van der Waals surface area contributed by atoms with E-state index >= 15 is 0 Å². The SMILES string of the molecule is CCc1cccc(OCF)c1. The molecule has 1 aromatic carbocycles. The second kappa shape index (κ2) is 3.96. The molecular formula is C9H11FO. The molecule has 11 heavy (non-hydrogen) atoms. The van der Waals surface area contributed by atoms with Crippen LogP contribution in [0.4, 0.5) is 4.39 Å². The molecule has 60 valence electrons. The standard InChI is InChI=1S/C9H11FO/c1-2-8-4-3-5-9(6-8)11-7-10/h3-6H,2,7H2,1H3. The summed E-state index contributed by atoms with van der Waals surface area (Å²) in [6, 6.07) is 7.45. The predicted octanol–water partition coefficient (Wildman–Crippen LogP) is 2.55. The van der Waals surface area contributed by atoms with Crippen LogP contribution in [0.15, 0.2) is 24.3 Å². The predicted molar refractivity (Wildman–Crippen MR) is 42.4 cm³/mol. The molecule has 0 unspecified atom stereocenters. The minimum Gasteiger partial charge on any atom is -0.463 e. The lowest BCUT2D eigenvalue weighted by molar-refractivity contribution is 0.191. The van der Waals surface area contributed by atoms with Crippen LogP contribution in [-0.2, 0) is 6.42 Å².